The van der Waals surface area contributed by atoms with Gasteiger partial charge in [0.15, 0.2) is 0 Å². The number of rotatable bonds is 4. The molecule has 0 amide bonds. The van der Waals surface area contributed by atoms with Crippen molar-refractivity contribution in [2.45, 2.75) is 20.1 Å². The topological polar surface area (TPSA) is 35.2 Å². The number of aryl methyl sites for hydroxylation is 1. The highest BCUT2D eigenvalue weighted by Gasteiger charge is 2.01. The lowest BCUT2D eigenvalue weighted by Crippen LogP contribution is -2.00. The third-order valence-corrected chi connectivity index (χ3v) is 2.65. The Balaban J connectivity index is 2.08. The predicted molar refractivity (Wildman–Crippen MR) is 69.8 cm³/mol. The van der Waals surface area contributed by atoms with Gasteiger partial charge < -0.3 is 10.5 Å². The van der Waals surface area contributed by atoms with Crippen molar-refractivity contribution in [3.8, 4) is 5.75 Å². The fourth-order valence-corrected chi connectivity index (χ4v) is 1.79. The van der Waals surface area contributed by atoms with Gasteiger partial charge in [-0.15, -0.1) is 0 Å². The van der Waals surface area contributed by atoms with Crippen LogP contribution >= 0.6 is 0 Å². The molecular formula is C15H16FNO. The van der Waals surface area contributed by atoms with Crippen LogP contribution in [-0.2, 0) is 13.2 Å². The molecule has 0 aromatic heterocycles. The van der Waals surface area contributed by atoms with Crippen molar-refractivity contribution >= 4 is 0 Å². The Kier molecular flexibility index (Phi) is 3.95. The van der Waals surface area contributed by atoms with Gasteiger partial charge in [-0.1, -0.05) is 29.8 Å². The van der Waals surface area contributed by atoms with Crippen LogP contribution in [0.5, 0.6) is 5.75 Å². The molecule has 0 aliphatic carbocycles. The number of hydrogen-bond donors (Lipinski definition) is 1. The van der Waals surface area contributed by atoms with E-state index in [0.717, 1.165) is 11.1 Å². The minimum atomic E-state index is -0.322. The molecule has 0 unspecified atom stereocenters. The lowest BCUT2D eigenvalue weighted by molar-refractivity contribution is 0.304. The van der Waals surface area contributed by atoms with Gasteiger partial charge in [0.2, 0.25) is 0 Å². The second kappa shape index (κ2) is 5.65. The maximum absolute atomic E-state index is 13.3. The van der Waals surface area contributed by atoms with E-state index in [0.29, 0.717) is 18.9 Å². The molecule has 2 N–H and O–H groups in total. The summed E-state index contributed by atoms with van der Waals surface area (Å²) in [6, 6.07) is 12.6. The van der Waals surface area contributed by atoms with Gasteiger partial charge in [-0.3, -0.25) is 0 Å². The van der Waals surface area contributed by atoms with Gasteiger partial charge in [0.1, 0.15) is 18.2 Å². The van der Waals surface area contributed by atoms with Crippen molar-refractivity contribution in [1.82, 2.24) is 0 Å². The number of hydrogen-bond acceptors (Lipinski definition) is 2. The van der Waals surface area contributed by atoms with Crippen molar-refractivity contribution in [1.29, 1.82) is 0 Å². The summed E-state index contributed by atoms with van der Waals surface area (Å²) < 4.78 is 18.8. The molecule has 2 nitrogen and oxygen atoms in total. The summed E-state index contributed by atoms with van der Waals surface area (Å²) >= 11 is 0. The van der Waals surface area contributed by atoms with Crippen molar-refractivity contribution in [2.24, 2.45) is 5.73 Å². The molecule has 2 rings (SSSR count). The van der Waals surface area contributed by atoms with Gasteiger partial charge in [0.05, 0.1) is 0 Å². The molecular weight excluding hydrogens is 229 g/mol. The van der Waals surface area contributed by atoms with E-state index >= 15 is 0 Å². The van der Waals surface area contributed by atoms with E-state index in [2.05, 4.69) is 0 Å². The zero-order valence-electron chi connectivity index (χ0n) is 10.3. The fraction of sp³-hybridized carbons (Fsp3) is 0.200. The first-order valence-electron chi connectivity index (χ1n) is 5.85. The third-order valence-electron chi connectivity index (χ3n) is 2.65. The van der Waals surface area contributed by atoms with Crippen LogP contribution in [0.4, 0.5) is 4.39 Å². The molecule has 0 saturated heterocycles. The smallest absolute Gasteiger partial charge is 0.127 e. The van der Waals surface area contributed by atoms with Crippen LogP contribution in [0.3, 0.4) is 0 Å². The van der Waals surface area contributed by atoms with Crippen molar-refractivity contribution in [2.75, 3.05) is 0 Å². The Labute approximate surface area is 106 Å². The molecule has 0 spiro atoms. The maximum atomic E-state index is 13.3. The average molecular weight is 245 g/mol. The van der Waals surface area contributed by atoms with Gasteiger partial charge in [0, 0.05) is 12.6 Å². The quantitative estimate of drug-likeness (QED) is 0.898. The number of ether oxygens (including phenoxy) is 1. The minimum absolute atomic E-state index is 0.304. The molecule has 0 aliphatic rings. The highest BCUT2D eigenvalue weighted by Crippen LogP contribution is 2.18. The molecule has 2 aromatic carbocycles. The maximum Gasteiger partial charge on any atom is 0.127 e. The second-order valence-corrected chi connectivity index (χ2v) is 4.28. The molecule has 0 fully saturated rings. The normalized spacial score (nSPS) is 10.4. The van der Waals surface area contributed by atoms with Crippen LogP contribution in [0, 0.1) is 12.7 Å². The van der Waals surface area contributed by atoms with E-state index in [1.54, 1.807) is 6.07 Å². The van der Waals surface area contributed by atoms with Crippen LogP contribution in [-0.4, -0.2) is 0 Å². The average Bonchev–Trinajstić information content (AvgIpc) is 2.36. The van der Waals surface area contributed by atoms with Crippen molar-refractivity contribution in [3.63, 3.8) is 0 Å². The summed E-state index contributed by atoms with van der Waals surface area (Å²) in [5, 5.41) is 0. The molecule has 0 heterocycles. The molecule has 94 valence electrons. The van der Waals surface area contributed by atoms with Crippen molar-refractivity contribution < 1.29 is 9.13 Å². The fourth-order valence-electron chi connectivity index (χ4n) is 1.79. The summed E-state index contributed by atoms with van der Waals surface area (Å²) in [6.45, 7) is 2.76. The predicted octanol–water partition coefficient (Wildman–Crippen LogP) is 3.17. The highest BCUT2D eigenvalue weighted by atomic mass is 19.1. The number of halogens is 1. The van der Waals surface area contributed by atoms with Gasteiger partial charge >= 0.3 is 0 Å². The Morgan fingerprint density at radius 1 is 1.11 bits per heavy atom. The minimum Gasteiger partial charge on any atom is -0.489 e. The SMILES string of the molecule is Cc1cccc(COc2cc(F)cc(CN)c2)c1. The molecule has 0 saturated carbocycles. The van der Waals surface area contributed by atoms with Gasteiger partial charge in [0.25, 0.3) is 0 Å². The summed E-state index contributed by atoms with van der Waals surface area (Å²) in [4.78, 5) is 0. The van der Waals surface area contributed by atoms with Crippen LogP contribution in [0.2, 0.25) is 0 Å². The molecule has 0 aliphatic heterocycles. The monoisotopic (exact) mass is 245 g/mol. The summed E-state index contributed by atoms with van der Waals surface area (Å²) in [7, 11) is 0. The van der Waals surface area contributed by atoms with Gasteiger partial charge in [-0.05, 0) is 30.2 Å². The van der Waals surface area contributed by atoms with Gasteiger partial charge in [-0.2, -0.15) is 0 Å². The summed E-state index contributed by atoms with van der Waals surface area (Å²) in [5.74, 6) is 0.189. The standard InChI is InChI=1S/C15H16FNO/c1-11-3-2-4-12(5-11)10-18-15-7-13(9-17)6-14(16)8-15/h2-8H,9-10,17H2,1H3. The Hall–Kier alpha value is -1.87. The molecule has 0 radical (unpaired) electrons. The molecule has 3 heteroatoms. The first kappa shape index (κ1) is 12.6. The Morgan fingerprint density at radius 2 is 1.94 bits per heavy atom. The van der Waals surface area contributed by atoms with Crippen LogP contribution in [0.15, 0.2) is 42.5 Å². The van der Waals surface area contributed by atoms with Crippen molar-refractivity contribution in [3.05, 3.63) is 65.0 Å². The summed E-state index contributed by atoms with van der Waals surface area (Å²) in [5.41, 5.74) is 8.47. The van der Waals surface area contributed by atoms with Crippen LogP contribution in [0.1, 0.15) is 16.7 Å². The Bertz CT molecular complexity index is 540. The lowest BCUT2D eigenvalue weighted by Gasteiger charge is -2.08. The van der Waals surface area contributed by atoms with Gasteiger partial charge in [-0.25, -0.2) is 4.39 Å². The van der Waals surface area contributed by atoms with E-state index in [4.69, 9.17) is 10.5 Å². The zero-order valence-corrected chi connectivity index (χ0v) is 10.3. The first-order chi connectivity index (χ1) is 8.67. The molecule has 0 bridgehead atoms. The second-order valence-electron chi connectivity index (χ2n) is 4.28. The highest BCUT2D eigenvalue weighted by molar-refractivity contribution is 5.30. The van der Waals surface area contributed by atoms with E-state index in [9.17, 15) is 4.39 Å². The molecule has 0 atom stereocenters. The van der Waals surface area contributed by atoms with E-state index < -0.39 is 0 Å². The number of nitrogens with two attached hydrogens (primary N) is 1. The zero-order chi connectivity index (χ0) is 13.0. The van der Waals surface area contributed by atoms with E-state index in [1.165, 1.54) is 17.7 Å². The lowest BCUT2D eigenvalue weighted by atomic mass is 10.1. The largest absolute Gasteiger partial charge is 0.489 e. The first-order valence-corrected chi connectivity index (χ1v) is 5.85. The third kappa shape index (κ3) is 3.31. The molecule has 2 aromatic rings. The number of benzene rings is 2. The Morgan fingerprint density at radius 3 is 2.67 bits per heavy atom. The molecule has 18 heavy (non-hydrogen) atoms. The summed E-state index contributed by atoms with van der Waals surface area (Å²) in [6.07, 6.45) is 0. The van der Waals surface area contributed by atoms with Crippen LogP contribution in [0.25, 0.3) is 0 Å². The van der Waals surface area contributed by atoms with E-state index in [1.807, 2.05) is 31.2 Å². The van der Waals surface area contributed by atoms with E-state index in [-0.39, 0.29) is 5.82 Å². The van der Waals surface area contributed by atoms with Crippen LogP contribution < -0.4 is 10.5 Å².